The van der Waals surface area contributed by atoms with Crippen LogP contribution in [0.5, 0.6) is 5.75 Å². The van der Waals surface area contributed by atoms with Gasteiger partial charge in [0.25, 0.3) is 11.1 Å². The lowest BCUT2D eigenvalue weighted by molar-refractivity contribution is 0.300. The number of H-pyrrole nitrogens is 1. The summed E-state index contributed by atoms with van der Waals surface area (Å²) in [6.07, 6.45) is 5.21. The lowest BCUT2D eigenvalue weighted by Gasteiger charge is -2.19. The normalized spacial score (nSPS) is 15.8. The second-order valence-corrected chi connectivity index (χ2v) is 8.21. The number of nitrogens with one attached hydrogen (secondary N) is 2. The van der Waals surface area contributed by atoms with E-state index in [1.165, 1.54) is 23.0 Å². The zero-order valence-electron chi connectivity index (χ0n) is 17.9. The van der Waals surface area contributed by atoms with Crippen molar-refractivity contribution in [2.24, 2.45) is 0 Å². The monoisotopic (exact) mass is 455 g/mol. The van der Waals surface area contributed by atoms with E-state index in [1.807, 2.05) is 6.07 Å². The molecule has 0 radical (unpaired) electrons. The minimum Gasteiger partial charge on any atom is -0.487 e. The summed E-state index contributed by atoms with van der Waals surface area (Å²) in [5, 5.41) is 4.06. The van der Waals surface area contributed by atoms with Crippen LogP contribution in [0.2, 0.25) is 5.02 Å². The van der Waals surface area contributed by atoms with Crippen molar-refractivity contribution in [1.29, 1.82) is 0 Å². The predicted octanol–water partition coefficient (Wildman–Crippen LogP) is 2.73. The molecule has 1 saturated heterocycles. The third-order valence-electron chi connectivity index (χ3n) is 5.41. The van der Waals surface area contributed by atoms with Crippen LogP contribution in [-0.4, -0.2) is 40.2 Å². The van der Waals surface area contributed by atoms with Crippen molar-refractivity contribution in [1.82, 2.24) is 19.9 Å². The Hall–Kier alpha value is -3.10. The molecule has 0 spiro atoms. The van der Waals surface area contributed by atoms with Gasteiger partial charge in [0, 0.05) is 37.6 Å². The molecule has 1 atom stereocenters. The average molecular weight is 456 g/mol. The molecule has 0 amide bonds. The molecule has 1 aliphatic rings. The van der Waals surface area contributed by atoms with Gasteiger partial charge in [-0.2, -0.15) is 0 Å². The highest BCUT2D eigenvalue weighted by Gasteiger charge is 2.22. The molecule has 32 heavy (non-hydrogen) atoms. The number of ether oxygens (including phenoxy) is 1. The van der Waals surface area contributed by atoms with Crippen molar-refractivity contribution >= 4 is 17.4 Å². The standard InChI is InChI=1S/C23H26ClN5O3/c1-2-9-25-17-7-10-28(14-17)21-6-5-20(23(31)27-21)29-11-8-19(12-22(29)30)32-15-18-4-3-16(24)13-26-18/h3-6,8,11-13,17,25H,2,7,9-10,14-15H2,1H3,(H,27,31). The fourth-order valence-corrected chi connectivity index (χ4v) is 3.83. The topological polar surface area (TPSA) is 92.2 Å². The maximum atomic E-state index is 12.7. The maximum absolute atomic E-state index is 12.7. The zero-order chi connectivity index (χ0) is 22.5. The minimum atomic E-state index is -0.352. The van der Waals surface area contributed by atoms with Crippen molar-refractivity contribution in [3.8, 4) is 11.4 Å². The van der Waals surface area contributed by atoms with Crippen LogP contribution in [0.3, 0.4) is 0 Å². The number of anilines is 1. The van der Waals surface area contributed by atoms with E-state index in [-0.39, 0.29) is 23.4 Å². The third-order valence-corrected chi connectivity index (χ3v) is 5.63. The van der Waals surface area contributed by atoms with Gasteiger partial charge in [-0.15, -0.1) is 0 Å². The van der Waals surface area contributed by atoms with Crippen LogP contribution in [-0.2, 0) is 6.61 Å². The molecule has 9 heteroatoms. The summed E-state index contributed by atoms with van der Waals surface area (Å²) < 4.78 is 6.95. The number of rotatable bonds is 8. The quantitative estimate of drug-likeness (QED) is 0.542. The van der Waals surface area contributed by atoms with E-state index in [9.17, 15) is 9.59 Å². The Bertz CT molecular complexity index is 1180. The second kappa shape index (κ2) is 10.0. The summed E-state index contributed by atoms with van der Waals surface area (Å²) in [6.45, 7) is 5.08. The molecule has 3 aromatic heterocycles. The van der Waals surface area contributed by atoms with E-state index in [1.54, 1.807) is 24.3 Å². The van der Waals surface area contributed by atoms with Crippen molar-refractivity contribution in [3.05, 3.63) is 80.2 Å². The van der Waals surface area contributed by atoms with E-state index in [4.69, 9.17) is 16.3 Å². The van der Waals surface area contributed by atoms with Crippen molar-refractivity contribution < 1.29 is 4.74 Å². The van der Waals surface area contributed by atoms with E-state index in [0.29, 0.717) is 22.5 Å². The van der Waals surface area contributed by atoms with Crippen LogP contribution < -0.4 is 26.1 Å². The van der Waals surface area contributed by atoms with Gasteiger partial charge < -0.3 is 19.9 Å². The van der Waals surface area contributed by atoms with Gasteiger partial charge in [0.1, 0.15) is 23.9 Å². The first-order valence-corrected chi connectivity index (χ1v) is 11.1. The minimum absolute atomic E-state index is 0.208. The van der Waals surface area contributed by atoms with E-state index < -0.39 is 0 Å². The summed E-state index contributed by atoms with van der Waals surface area (Å²) in [5.74, 6) is 1.17. The highest BCUT2D eigenvalue weighted by Crippen LogP contribution is 2.18. The fraction of sp³-hybridized carbons (Fsp3) is 0.348. The molecule has 1 aliphatic heterocycles. The fourth-order valence-electron chi connectivity index (χ4n) is 3.72. The summed E-state index contributed by atoms with van der Waals surface area (Å²) in [5.41, 5.74) is 0.299. The molecule has 0 aromatic carbocycles. The average Bonchev–Trinajstić information content (AvgIpc) is 3.27. The zero-order valence-corrected chi connectivity index (χ0v) is 18.6. The highest BCUT2D eigenvalue weighted by molar-refractivity contribution is 6.30. The molecule has 1 fully saturated rings. The van der Waals surface area contributed by atoms with Crippen molar-refractivity contribution in [2.75, 3.05) is 24.5 Å². The maximum Gasteiger partial charge on any atom is 0.273 e. The van der Waals surface area contributed by atoms with Crippen LogP contribution in [0.15, 0.2) is 58.4 Å². The van der Waals surface area contributed by atoms with Gasteiger partial charge in [0.05, 0.1) is 10.7 Å². The summed E-state index contributed by atoms with van der Waals surface area (Å²) in [4.78, 5) is 34.6. The van der Waals surface area contributed by atoms with E-state index in [0.717, 1.165) is 38.3 Å². The number of hydrogen-bond acceptors (Lipinski definition) is 6. The van der Waals surface area contributed by atoms with Gasteiger partial charge in [0.15, 0.2) is 0 Å². The molecule has 3 aromatic rings. The van der Waals surface area contributed by atoms with E-state index in [2.05, 4.69) is 27.1 Å². The predicted molar refractivity (Wildman–Crippen MR) is 125 cm³/mol. The third kappa shape index (κ3) is 5.20. The van der Waals surface area contributed by atoms with Gasteiger partial charge in [0.2, 0.25) is 0 Å². The summed E-state index contributed by atoms with van der Waals surface area (Å²) >= 11 is 5.83. The van der Waals surface area contributed by atoms with Gasteiger partial charge in [-0.3, -0.25) is 19.1 Å². The molecule has 0 saturated carbocycles. The van der Waals surface area contributed by atoms with Crippen LogP contribution >= 0.6 is 11.6 Å². The molecule has 8 nitrogen and oxygen atoms in total. The molecule has 2 N–H and O–H groups in total. The lowest BCUT2D eigenvalue weighted by Crippen LogP contribution is -2.33. The van der Waals surface area contributed by atoms with Crippen LogP contribution in [0.25, 0.3) is 5.69 Å². The Kier molecular flexibility index (Phi) is 6.92. The molecule has 4 rings (SSSR count). The first-order chi connectivity index (χ1) is 15.5. The number of aromatic nitrogens is 3. The lowest BCUT2D eigenvalue weighted by atomic mass is 10.2. The Morgan fingerprint density at radius 2 is 2.12 bits per heavy atom. The number of aromatic amines is 1. The Balaban J connectivity index is 1.45. The molecular formula is C23H26ClN5O3. The van der Waals surface area contributed by atoms with Crippen molar-refractivity contribution in [2.45, 2.75) is 32.4 Å². The highest BCUT2D eigenvalue weighted by atomic mass is 35.5. The first kappa shape index (κ1) is 22.1. The van der Waals surface area contributed by atoms with Gasteiger partial charge in [-0.25, -0.2) is 0 Å². The number of halogens is 1. The van der Waals surface area contributed by atoms with Crippen LogP contribution in [0.1, 0.15) is 25.5 Å². The molecule has 0 bridgehead atoms. The number of nitrogens with zero attached hydrogens (tertiary/aromatic N) is 3. The van der Waals surface area contributed by atoms with Crippen molar-refractivity contribution in [3.63, 3.8) is 0 Å². The van der Waals surface area contributed by atoms with Gasteiger partial charge in [-0.1, -0.05) is 18.5 Å². The largest absolute Gasteiger partial charge is 0.487 e. The van der Waals surface area contributed by atoms with Gasteiger partial charge in [-0.05, 0) is 49.7 Å². The second-order valence-electron chi connectivity index (χ2n) is 7.77. The number of pyridine rings is 3. The molecule has 168 valence electrons. The summed E-state index contributed by atoms with van der Waals surface area (Å²) in [7, 11) is 0. The van der Waals surface area contributed by atoms with Gasteiger partial charge >= 0.3 is 0 Å². The smallest absolute Gasteiger partial charge is 0.273 e. The SMILES string of the molecule is CCCNC1CCN(c2ccc(-n3ccc(OCc4ccc(Cl)cn4)cc3=O)c(=O)[nH]2)C1. The number of hydrogen-bond donors (Lipinski definition) is 2. The van der Waals surface area contributed by atoms with Crippen LogP contribution in [0.4, 0.5) is 5.82 Å². The summed E-state index contributed by atoms with van der Waals surface area (Å²) in [6, 6.07) is 10.4. The Morgan fingerprint density at radius 1 is 1.25 bits per heavy atom. The first-order valence-electron chi connectivity index (χ1n) is 10.7. The Labute approximate surface area is 190 Å². The Morgan fingerprint density at radius 3 is 2.84 bits per heavy atom. The van der Waals surface area contributed by atoms with E-state index >= 15 is 0 Å². The molecule has 0 aliphatic carbocycles. The van der Waals surface area contributed by atoms with Crippen LogP contribution in [0, 0.1) is 0 Å². The molecular weight excluding hydrogens is 430 g/mol. The molecule has 4 heterocycles. The molecule has 1 unspecified atom stereocenters.